The summed E-state index contributed by atoms with van der Waals surface area (Å²) in [5.74, 6) is 0.0982. The van der Waals surface area contributed by atoms with Crippen LogP contribution in [-0.4, -0.2) is 97.6 Å². The van der Waals surface area contributed by atoms with Crippen molar-refractivity contribution in [3.8, 4) is 5.75 Å². The molecule has 6 bridgehead atoms. The normalized spacial score (nSPS) is 33.7. The van der Waals surface area contributed by atoms with Crippen LogP contribution in [0.15, 0.2) is 48.0 Å². The minimum Gasteiger partial charge on any atom is -0.496 e. The van der Waals surface area contributed by atoms with E-state index in [4.69, 9.17) is 14.2 Å². The standard InChI is InChI=1S/C44H52N4O6/c1-7-23-17-25-20-44(43(51)54-6)40-28(15-16-48(41(23)44)34(25)22-49)27-13-14-35(52-4)37(39(27)46-40)31-18-29-24(8-2)21-47(3)33(36(29)42(50)53-5)19-30-26-11-9-10-12-32(26)45-38(30)31/h8-14,22-23,25,29,31,33-34,36,41,45-46H,7,15-21H2,1-6H3/b24-8+/t23-,25+,29-,31+,33-,34-,36-,41-,44+/m0/s1. The Kier molecular flexibility index (Phi) is 8.58. The van der Waals surface area contributed by atoms with E-state index in [1.54, 1.807) is 7.11 Å². The summed E-state index contributed by atoms with van der Waals surface area (Å²) in [6.45, 7) is 5.76. The number of likely N-dealkylation sites (N-methyl/N-ethyl adjacent to an activating group) is 1. The Morgan fingerprint density at radius 2 is 1.83 bits per heavy atom. The fourth-order valence-corrected chi connectivity index (χ4v) is 12.4. The number of hydrogen-bond acceptors (Lipinski definition) is 8. The molecule has 6 heterocycles. The van der Waals surface area contributed by atoms with Crippen LogP contribution in [0, 0.1) is 23.7 Å². The maximum absolute atomic E-state index is 14.5. The monoisotopic (exact) mass is 732 g/mol. The van der Waals surface area contributed by atoms with Crippen LogP contribution in [0.3, 0.4) is 0 Å². The summed E-state index contributed by atoms with van der Waals surface area (Å²) in [5.41, 5.74) is 7.78. The molecule has 2 aromatic heterocycles. The van der Waals surface area contributed by atoms with Gasteiger partial charge in [-0.15, -0.1) is 0 Å². The van der Waals surface area contributed by atoms with Crippen LogP contribution in [-0.2, 0) is 42.1 Å². The zero-order valence-corrected chi connectivity index (χ0v) is 32.2. The fraction of sp³-hybridized carbons (Fsp3) is 0.523. The summed E-state index contributed by atoms with van der Waals surface area (Å²) in [7, 11) is 6.86. The van der Waals surface area contributed by atoms with E-state index in [1.807, 2.05) is 0 Å². The van der Waals surface area contributed by atoms with Crippen molar-refractivity contribution >= 4 is 40.0 Å². The summed E-state index contributed by atoms with van der Waals surface area (Å²) in [6, 6.07) is 12.3. The number of likely N-dealkylation sites (tertiary alicyclic amines) is 1. The topological polar surface area (TPSA) is 117 Å². The first-order valence-electron chi connectivity index (χ1n) is 19.8. The average Bonchev–Trinajstić information content (AvgIpc) is 3.72. The molecule has 10 nitrogen and oxygen atoms in total. The van der Waals surface area contributed by atoms with Gasteiger partial charge in [-0.25, -0.2) is 0 Å². The number of rotatable bonds is 6. The quantitative estimate of drug-likeness (QED) is 0.140. The number of nitrogens with one attached hydrogen (secondary N) is 2. The number of ether oxygens (including phenoxy) is 3. The molecule has 1 unspecified atom stereocenters. The summed E-state index contributed by atoms with van der Waals surface area (Å²) < 4.78 is 17.6. The van der Waals surface area contributed by atoms with E-state index >= 15 is 0 Å². The maximum Gasteiger partial charge on any atom is 0.319 e. The molecule has 10 heteroatoms. The predicted octanol–water partition coefficient (Wildman–Crippen LogP) is 6.06. The third-order valence-electron chi connectivity index (χ3n) is 14.6. The van der Waals surface area contributed by atoms with Gasteiger partial charge in [0, 0.05) is 64.3 Å². The second-order valence-corrected chi connectivity index (χ2v) is 16.5. The van der Waals surface area contributed by atoms with Crippen molar-refractivity contribution in [3.63, 3.8) is 0 Å². The molecular formula is C44H52N4O6. The first-order valence-corrected chi connectivity index (χ1v) is 19.8. The second-order valence-electron chi connectivity index (χ2n) is 16.5. The summed E-state index contributed by atoms with van der Waals surface area (Å²) in [5, 5.41) is 2.23. The van der Waals surface area contributed by atoms with Crippen LogP contribution in [0.25, 0.3) is 21.8 Å². The van der Waals surface area contributed by atoms with E-state index in [-0.39, 0.29) is 59.7 Å². The number of benzene rings is 2. The highest BCUT2D eigenvalue weighted by Gasteiger charge is 2.65. The molecule has 2 N–H and O–H groups in total. The minimum atomic E-state index is -0.935. The van der Waals surface area contributed by atoms with E-state index in [2.05, 4.69) is 83.1 Å². The van der Waals surface area contributed by atoms with E-state index in [1.165, 1.54) is 25.4 Å². The number of para-hydroxylation sites is 1. The van der Waals surface area contributed by atoms with Crippen LogP contribution in [0.1, 0.15) is 73.5 Å². The van der Waals surface area contributed by atoms with Gasteiger partial charge in [0.2, 0.25) is 0 Å². The highest BCUT2D eigenvalue weighted by molar-refractivity contribution is 5.95. The number of aromatic amines is 2. The molecule has 6 aliphatic rings. The van der Waals surface area contributed by atoms with Crippen LogP contribution in [0.4, 0.5) is 0 Å². The summed E-state index contributed by atoms with van der Waals surface area (Å²) in [6.07, 6.45) is 7.81. The molecule has 10 atom stereocenters. The Labute approximate surface area is 316 Å². The number of hydrogen-bond donors (Lipinski definition) is 2. The van der Waals surface area contributed by atoms with Gasteiger partial charge < -0.3 is 29.0 Å². The number of methoxy groups -OCH3 is 3. The fourth-order valence-electron chi connectivity index (χ4n) is 12.4. The Morgan fingerprint density at radius 3 is 2.56 bits per heavy atom. The Bertz CT molecular complexity index is 2200. The molecule has 54 heavy (non-hydrogen) atoms. The van der Waals surface area contributed by atoms with Crippen molar-refractivity contribution < 1.29 is 28.6 Å². The number of nitrogens with zero attached hydrogens (tertiary/aromatic N) is 2. The molecule has 0 radical (unpaired) electrons. The van der Waals surface area contributed by atoms with E-state index < -0.39 is 5.41 Å². The van der Waals surface area contributed by atoms with Crippen molar-refractivity contribution in [2.24, 2.45) is 23.7 Å². The molecule has 3 saturated heterocycles. The summed E-state index contributed by atoms with van der Waals surface area (Å²) >= 11 is 0. The van der Waals surface area contributed by atoms with Gasteiger partial charge in [0.05, 0.1) is 38.8 Å². The lowest BCUT2D eigenvalue weighted by molar-refractivity contribution is -0.169. The molecule has 4 aromatic rings. The van der Waals surface area contributed by atoms with E-state index in [9.17, 15) is 14.4 Å². The van der Waals surface area contributed by atoms with Crippen molar-refractivity contribution in [3.05, 3.63) is 76.1 Å². The number of carbonyl (C=O) groups excluding carboxylic acids is 3. The zero-order chi connectivity index (χ0) is 37.6. The number of piperidine rings is 3. The van der Waals surface area contributed by atoms with Crippen LogP contribution >= 0.6 is 0 Å². The molecular weight excluding hydrogens is 681 g/mol. The smallest absolute Gasteiger partial charge is 0.319 e. The third-order valence-corrected chi connectivity index (χ3v) is 14.6. The highest BCUT2D eigenvalue weighted by atomic mass is 16.5. The molecule has 0 amide bonds. The molecule has 2 aliphatic carbocycles. The molecule has 4 fully saturated rings. The number of H-pyrrole nitrogens is 2. The lowest BCUT2D eigenvalue weighted by Gasteiger charge is -2.60. The highest BCUT2D eigenvalue weighted by Crippen LogP contribution is 2.58. The van der Waals surface area contributed by atoms with Crippen LogP contribution < -0.4 is 4.74 Å². The van der Waals surface area contributed by atoms with Crippen molar-refractivity contribution in [2.45, 2.75) is 81.8 Å². The molecule has 2 aromatic carbocycles. The van der Waals surface area contributed by atoms with Crippen molar-refractivity contribution in [1.82, 2.24) is 19.8 Å². The van der Waals surface area contributed by atoms with Crippen molar-refractivity contribution in [2.75, 3.05) is 41.5 Å². The van der Waals surface area contributed by atoms with Gasteiger partial charge in [-0.05, 0) is 93.2 Å². The molecule has 4 aliphatic heterocycles. The number of fused-ring (bicyclic) bond motifs is 9. The van der Waals surface area contributed by atoms with E-state index in [0.717, 1.165) is 75.7 Å². The van der Waals surface area contributed by atoms with Gasteiger partial charge >= 0.3 is 11.9 Å². The lowest BCUT2D eigenvalue weighted by atomic mass is 9.54. The van der Waals surface area contributed by atoms with E-state index in [0.29, 0.717) is 32.2 Å². The largest absolute Gasteiger partial charge is 0.496 e. The second kappa shape index (κ2) is 13.1. The number of aldehydes is 1. The number of allylic oxidation sites excluding steroid dienone is 1. The Hall–Kier alpha value is -4.41. The third kappa shape index (κ3) is 4.74. The molecule has 0 spiro atoms. The van der Waals surface area contributed by atoms with Gasteiger partial charge in [0.15, 0.2) is 0 Å². The number of aromatic nitrogens is 2. The van der Waals surface area contributed by atoms with Gasteiger partial charge in [0.25, 0.3) is 0 Å². The first kappa shape index (κ1) is 35.3. The predicted molar refractivity (Wildman–Crippen MR) is 207 cm³/mol. The number of esters is 2. The molecule has 284 valence electrons. The Morgan fingerprint density at radius 1 is 1.02 bits per heavy atom. The van der Waals surface area contributed by atoms with Crippen LogP contribution in [0.5, 0.6) is 5.75 Å². The first-order chi connectivity index (χ1) is 26.2. The molecule has 10 rings (SSSR count). The molecule has 1 saturated carbocycles. The minimum absolute atomic E-state index is 0.0319. The van der Waals surface area contributed by atoms with Gasteiger partial charge in [-0.3, -0.25) is 19.4 Å². The average molecular weight is 733 g/mol. The van der Waals surface area contributed by atoms with Gasteiger partial charge in [0.1, 0.15) is 17.5 Å². The zero-order valence-electron chi connectivity index (χ0n) is 32.2. The van der Waals surface area contributed by atoms with Gasteiger partial charge in [-0.2, -0.15) is 0 Å². The van der Waals surface area contributed by atoms with Gasteiger partial charge in [-0.1, -0.05) is 43.2 Å². The van der Waals surface area contributed by atoms with Crippen LogP contribution in [0.2, 0.25) is 0 Å². The lowest BCUT2D eigenvalue weighted by Crippen LogP contribution is -2.71. The summed E-state index contributed by atoms with van der Waals surface area (Å²) in [4.78, 5) is 53.6. The maximum atomic E-state index is 14.5. The SMILES string of the molecule is C/C=C1\CN(C)[C@H]2Cc3c([nH]c4ccccc34)[C@@H](c3c(OC)ccc4c5c([nH]c34)[C@]3(C(=O)OC)C[C@H]4C[C@H](CC)[C@@H]3N(CC5)[C@H]4C=O)C[C@@H]1[C@@H]2C(=O)OC. The Balaban J connectivity index is 1.32. The number of carbonyl (C=O) groups is 3. The van der Waals surface area contributed by atoms with Crippen molar-refractivity contribution in [1.29, 1.82) is 0 Å².